The number of halogens is 1. The van der Waals surface area contributed by atoms with Crippen LogP contribution in [0, 0.1) is 13.7 Å². The van der Waals surface area contributed by atoms with Crippen LogP contribution in [0.25, 0.3) is 0 Å². The quantitative estimate of drug-likeness (QED) is 0.484. The van der Waals surface area contributed by atoms with E-state index < -0.39 is 4.92 Å². The van der Waals surface area contributed by atoms with Gasteiger partial charge in [-0.25, -0.2) is 0 Å². The number of nitro benzene ring substituents is 1. The molecule has 6 heteroatoms. The molecule has 0 amide bonds. The first-order chi connectivity index (χ1) is 9.60. The van der Waals surface area contributed by atoms with Crippen LogP contribution in [0.1, 0.15) is 5.56 Å². The molecule has 20 heavy (non-hydrogen) atoms. The Morgan fingerprint density at radius 3 is 2.75 bits per heavy atom. The molecule has 0 aliphatic heterocycles. The molecule has 0 radical (unpaired) electrons. The van der Waals surface area contributed by atoms with E-state index in [2.05, 4.69) is 27.9 Å². The molecular weight excluding hydrogens is 371 g/mol. The minimum atomic E-state index is -0.408. The van der Waals surface area contributed by atoms with Gasteiger partial charge in [-0.1, -0.05) is 6.07 Å². The molecule has 0 unspecified atom stereocenters. The zero-order valence-electron chi connectivity index (χ0n) is 10.8. The van der Waals surface area contributed by atoms with Crippen LogP contribution < -0.4 is 10.1 Å². The minimum Gasteiger partial charge on any atom is -0.489 e. The SMILES string of the molecule is CNc1ccc([N+](=O)[O-])cc1COc1cccc(I)c1. The van der Waals surface area contributed by atoms with E-state index in [1.807, 2.05) is 24.3 Å². The molecule has 0 atom stereocenters. The van der Waals surface area contributed by atoms with Crippen LogP contribution in [-0.2, 0) is 6.61 Å². The summed E-state index contributed by atoms with van der Waals surface area (Å²) < 4.78 is 6.76. The lowest BCUT2D eigenvalue weighted by molar-refractivity contribution is -0.384. The number of non-ortho nitro benzene ring substituents is 1. The Bertz CT molecular complexity index is 632. The Balaban J connectivity index is 2.19. The molecule has 0 bridgehead atoms. The van der Waals surface area contributed by atoms with E-state index in [0.29, 0.717) is 0 Å². The van der Waals surface area contributed by atoms with Crippen molar-refractivity contribution in [2.24, 2.45) is 0 Å². The van der Waals surface area contributed by atoms with Crippen molar-refractivity contribution in [1.29, 1.82) is 0 Å². The van der Waals surface area contributed by atoms with E-state index >= 15 is 0 Å². The summed E-state index contributed by atoms with van der Waals surface area (Å²) in [6.07, 6.45) is 0. The number of ether oxygens (including phenoxy) is 1. The predicted octanol–water partition coefficient (Wildman–Crippen LogP) is 3.82. The molecule has 0 heterocycles. The molecule has 0 aromatic heterocycles. The summed E-state index contributed by atoms with van der Waals surface area (Å²) in [6.45, 7) is 0.276. The number of anilines is 1. The molecular formula is C14H13IN2O3. The van der Waals surface area contributed by atoms with E-state index in [9.17, 15) is 10.1 Å². The number of nitro groups is 1. The first-order valence-corrected chi connectivity index (χ1v) is 7.01. The van der Waals surface area contributed by atoms with Crippen LogP contribution >= 0.6 is 22.6 Å². The highest BCUT2D eigenvalue weighted by Crippen LogP contribution is 2.24. The summed E-state index contributed by atoms with van der Waals surface area (Å²) >= 11 is 2.21. The summed E-state index contributed by atoms with van der Waals surface area (Å²) in [6, 6.07) is 12.3. The smallest absolute Gasteiger partial charge is 0.269 e. The second kappa shape index (κ2) is 6.56. The number of nitrogens with zero attached hydrogens (tertiary/aromatic N) is 1. The van der Waals surface area contributed by atoms with E-state index in [-0.39, 0.29) is 12.3 Å². The van der Waals surface area contributed by atoms with Gasteiger partial charge < -0.3 is 10.1 Å². The minimum absolute atomic E-state index is 0.0604. The number of hydrogen-bond donors (Lipinski definition) is 1. The van der Waals surface area contributed by atoms with Gasteiger partial charge in [-0.3, -0.25) is 10.1 Å². The number of rotatable bonds is 5. The van der Waals surface area contributed by atoms with E-state index in [0.717, 1.165) is 20.6 Å². The largest absolute Gasteiger partial charge is 0.489 e. The third-order valence-corrected chi connectivity index (χ3v) is 3.43. The maximum atomic E-state index is 10.8. The maximum absolute atomic E-state index is 10.8. The van der Waals surface area contributed by atoms with Crippen molar-refractivity contribution >= 4 is 34.0 Å². The average Bonchev–Trinajstić information content (AvgIpc) is 2.44. The summed E-state index contributed by atoms with van der Waals surface area (Å²) in [5, 5.41) is 13.8. The van der Waals surface area contributed by atoms with Crippen LogP contribution in [0.3, 0.4) is 0 Å². The van der Waals surface area contributed by atoms with Gasteiger partial charge in [0.1, 0.15) is 12.4 Å². The highest BCUT2D eigenvalue weighted by molar-refractivity contribution is 14.1. The highest BCUT2D eigenvalue weighted by Gasteiger charge is 2.10. The van der Waals surface area contributed by atoms with Gasteiger partial charge in [0.25, 0.3) is 5.69 Å². The highest BCUT2D eigenvalue weighted by atomic mass is 127. The van der Waals surface area contributed by atoms with Crippen LogP contribution in [0.5, 0.6) is 5.75 Å². The second-order valence-electron chi connectivity index (χ2n) is 4.09. The molecule has 0 aliphatic rings. The molecule has 0 saturated heterocycles. The molecule has 0 spiro atoms. The first-order valence-electron chi connectivity index (χ1n) is 5.93. The van der Waals surface area contributed by atoms with Crippen molar-refractivity contribution in [3.05, 3.63) is 61.7 Å². The third-order valence-electron chi connectivity index (χ3n) is 2.76. The van der Waals surface area contributed by atoms with Gasteiger partial charge in [-0.15, -0.1) is 0 Å². The molecule has 2 aromatic rings. The molecule has 104 valence electrons. The predicted molar refractivity (Wildman–Crippen MR) is 86.1 cm³/mol. The van der Waals surface area contributed by atoms with Gasteiger partial charge in [0.2, 0.25) is 0 Å². The Hall–Kier alpha value is -1.83. The number of nitrogens with one attached hydrogen (secondary N) is 1. The second-order valence-corrected chi connectivity index (χ2v) is 5.34. The van der Waals surface area contributed by atoms with Gasteiger partial charge in [-0.05, 0) is 46.9 Å². The summed E-state index contributed by atoms with van der Waals surface area (Å²) in [4.78, 5) is 10.4. The van der Waals surface area contributed by atoms with Crippen molar-refractivity contribution < 1.29 is 9.66 Å². The van der Waals surface area contributed by atoms with E-state index in [1.54, 1.807) is 13.1 Å². The fraction of sp³-hybridized carbons (Fsp3) is 0.143. The summed E-state index contributed by atoms with van der Waals surface area (Å²) in [7, 11) is 1.77. The van der Waals surface area contributed by atoms with Gasteiger partial charge >= 0.3 is 0 Å². The van der Waals surface area contributed by atoms with E-state index in [4.69, 9.17) is 4.74 Å². The van der Waals surface area contributed by atoms with Gasteiger partial charge in [-0.2, -0.15) is 0 Å². The van der Waals surface area contributed by atoms with Gasteiger partial charge in [0.15, 0.2) is 0 Å². The Labute approximate surface area is 130 Å². The van der Waals surface area contributed by atoms with Crippen LogP contribution in [-0.4, -0.2) is 12.0 Å². The number of benzene rings is 2. The van der Waals surface area contributed by atoms with Crippen molar-refractivity contribution in [2.45, 2.75) is 6.61 Å². The Kier molecular flexibility index (Phi) is 4.78. The van der Waals surface area contributed by atoms with E-state index in [1.165, 1.54) is 12.1 Å². The lowest BCUT2D eigenvalue weighted by Crippen LogP contribution is -2.02. The summed E-state index contributed by atoms with van der Waals surface area (Å²) in [5.41, 5.74) is 1.63. The standard InChI is InChI=1S/C14H13IN2O3/c1-16-14-6-5-12(17(18)19)7-10(14)9-20-13-4-2-3-11(15)8-13/h2-8,16H,9H2,1H3. The molecule has 2 aromatic carbocycles. The molecule has 5 nitrogen and oxygen atoms in total. The molecule has 2 rings (SSSR count). The van der Waals surface area contributed by atoms with Gasteiger partial charge in [0, 0.05) is 34.0 Å². The van der Waals surface area contributed by atoms with Crippen LogP contribution in [0.15, 0.2) is 42.5 Å². The monoisotopic (exact) mass is 384 g/mol. The molecule has 0 aliphatic carbocycles. The molecule has 1 N–H and O–H groups in total. The Morgan fingerprint density at radius 2 is 2.10 bits per heavy atom. The first kappa shape index (κ1) is 14.6. The lowest BCUT2D eigenvalue weighted by Gasteiger charge is -2.11. The summed E-state index contributed by atoms with van der Waals surface area (Å²) in [5.74, 6) is 0.741. The average molecular weight is 384 g/mol. The zero-order chi connectivity index (χ0) is 14.5. The Morgan fingerprint density at radius 1 is 1.30 bits per heavy atom. The number of hydrogen-bond acceptors (Lipinski definition) is 4. The molecule has 0 saturated carbocycles. The fourth-order valence-corrected chi connectivity index (χ4v) is 2.29. The normalized spacial score (nSPS) is 10.1. The fourth-order valence-electron chi connectivity index (χ4n) is 1.77. The maximum Gasteiger partial charge on any atom is 0.269 e. The van der Waals surface area contributed by atoms with Crippen LogP contribution in [0.2, 0.25) is 0 Å². The van der Waals surface area contributed by atoms with Crippen molar-refractivity contribution in [2.75, 3.05) is 12.4 Å². The van der Waals surface area contributed by atoms with Crippen molar-refractivity contribution in [3.63, 3.8) is 0 Å². The zero-order valence-corrected chi connectivity index (χ0v) is 13.0. The topological polar surface area (TPSA) is 64.4 Å². The van der Waals surface area contributed by atoms with Gasteiger partial charge in [0.05, 0.1) is 4.92 Å². The molecule has 0 fully saturated rings. The lowest BCUT2D eigenvalue weighted by atomic mass is 10.1. The van der Waals surface area contributed by atoms with Crippen molar-refractivity contribution in [3.8, 4) is 5.75 Å². The van der Waals surface area contributed by atoms with Crippen LogP contribution in [0.4, 0.5) is 11.4 Å². The third kappa shape index (κ3) is 3.60. The van der Waals surface area contributed by atoms with Crippen molar-refractivity contribution in [1.82, 2.24) is 0 Å².